The van der Waals surface area contributed by atoms with E-state index in [4.69, 9.17) is 28.0 Å². The first kappa shape index (κ1) is 80.5. The molecule has 0 fully saturated rings. The number of imidazole rings is 1. The van der Waals surface area contributed by atoms with Crippen LogP contribution in [-0.2, 0) is 80.4 Å². The summed E-state index contributed by atoms with van der Waals surface area (Å²) in [5.74, 6) is -7.96. The molecule has 13 amide bonds. The molecule has 578 valence electrons. The van der Waals surface area contributed by atoms with Crippen LogP contribution in [0, 0.1) is 10.8 Å². The smallest absolute Gasteiger partial charge is 0.291 e. The number of aromatic nitrogens is 9. The average Bonchev–Trinajstić information content (AvgIpc) is 1.66. The zero-order valence-corrected chi connectivity index (χ0v) is 60.9. The fourth-order valence-electron chi connectivity index (χ4n) is 11.3. The monoisotopic (exact) mass is 1500 g/mol. The molecule has 0 aliphatic rings. The summed E-state index contributed by atoms with van der Waals surface area (Å²) >= 11 is 0. The summed E-state index contributed by atoms with van der Waals surface area (Å²) in [7, 11) is 12.9. The van der Waals surface area contributed by atoms with Gasteiger partial charge in [-0.1, -0.05) is 0 Å². The molecule has 2 unspecified atom stereocenters. The van der Waals surface area contributed by atoms with Crippen LogP contribution < -0.4 is 91.6 Å². The van der Waals surface area contributed by atoms with Crippen LogP contribution in [-0.4, -0.2) is 175 Å². The first-order chi connectivity index (χ1) is 51.7. The number of rotatable bonds is 36. The van der Waals surface area contributed by atoms with Gasteiger partial charge in [-0.25, -0.2) is 4.98 Å². The summed E-state index contributed by atoms with van der Waals surface area (Å²) in [4.78, 5) is 175. The van der Waals surface area contributed by atoms with Crippen LogP contribution in [0.25, 0.3) is 0 Å². The first-order valence-electron chi connectivity index (χ1n) is 33.9. The molecule has 109 heavy (non-hydrogen) atoms. The Morgan fingerprint density at radius 3 is 1.03 bits per heavy atom. The van der Waals surface area contributed by atoms with E-state index in [1.165, 1.54) is 94.7 Å². The van der Waals surface area contributed by atoms with E-state index in [0.717, 1.165) is 0 Å². The van der Waals surface area contributed by atoms with Crippen molar-refractivity contribution >= 4 is 129 Å². The molecular weight excluding hydrogens is 1420 g/mol. The number of aryl methyl sites for hydroxylation is 8. The molecule has 41 nitrogen and oxygen atoms in total. The third-order valence-corrected chi connectivity index (χ3v) is 16.7. The highest BCUT2D eigenvalue weighted by Gasteiger charge is 2.27. The van der Waals surface area contributed by atoms with Gasteiger partial charge in [0.1, 0.15) is 51.9 Å². The van der Waals surface area contributed by atoms with Crippen molar-refractivity contribution in [2.24, 2.45) is 73.6 Å². The van der Waals surface area contributed by atoms with E-state index in [2.05, 4.69) is 79.4 Å². The molecule has 2 atom stereocenters. The van der Waals surface area contributed by atoms with Crippen LogP contribution in [0.3, 0.4) is 0 Å². The maximum absolute atomic E-state index is 13.6. The molecule has 0 bridgehead atoms. The molecule has 0 saturated heterocycles. The Balaban J connectivity index is 0.740. The number of primary amides is 1. The molecule has 0 radical (unpaired) electrons. The van der Waals surface area contributed by atoms with E-state index >= 15 is 0 Å². The molecule has 0 spiro atoms. The van der Waals surface area contributed by atoms with Gasteiger partial charge >= 0.3 is 0 Å². The number of carbonyl (C=O) groups is 13. The van der Waals surface area contributed by atoms with Crippen molar-refractivity contribution in [1.82, 2.24) is 78.7 Å². The Labute approximate surface area is 622 Å². The summed E-state index contributed by atoms with van der Waals surface area (Å²) in [6, 6.07) is 8.02. The third kappa shape index (κ3) is 22.4. The molecule has 8 aromatic heterocycles. The second kappa shape index (κ2) is 36.5. The molecule has 8 heterocycles. The summed E-state index contributed by atoms with van der Waals surface area (Å²) in [6.07, 6.45) is 14.6. The number of nitrogens with zero attached hydrogens (tertiary/aromatic N) is 9. The van der Waals surface area contributed by atoms with Crippen LogP contribution in [0.5, 0.6) is 0 Å². The highest BCUT2D eigenvalue weighted by atomic mass is 16.2. The Hall–Kier alpha value is -14.2. The normalized spacial score (nSPS) is 11.4. The SMILES string of the molecule is Cn1cc(NC(=O)c2cc(NC(=O)c3cc(NC(=O)c4nccn4C)cn3C)cn2C)cc1C(=O)NCCCC(=O)Nc1cc(C(=O)Nc2cc(C(=O)Nc3cc(C(=O)Nc4cc(C(=O)NCCC(=O)NC(CCCNC(=N)N)C(=O)NCC(=O)NC(CCCNC(=N)N)C(N)=O)n(C)c4)n(C)c3)n(C)c2)n(C)c1. The minimum Gasteiger partial charge on any atom is -0.370 e. The Kier molecular flexibility index (Phi) is 27.0. The molecule has 41 heteroatoms. The fourth-order valence-corrected chi connectivity index (χ4v) is 11.3. The van der Waals surface area contributed by atoms with E-state index in [1.807, 2.05) is 0 Å². The Morgan fingerprint density at radius 1 is 0.358 bits per heavy atom. The first-order valence-corrected chi connectivity index (χ1v) is 33.9. The van der Waals surface area contributed by atoms with Crippen molar-refractivity contribution in [2.45, 2.75) is 57.0 Å². The Bertz CT molecular complexity index is 4820. The number of hydrogen-bond donors (Lipinski definition) is 19. The van der Waals surface area contributed by atoms with Crippen molar-refractivity contribution < 1.29 is 62.3 Å². The third-order valence-electron chi connectivity index (χ3n) is 16.7. The average molecular weight is 1510 g/mol. The van der Waals surface area contributed by atoms with Gasteiger partial charge in [0.25, 0.3) is 47.3 Å². The maximum Gasteiger partial charge on any atom is 0.291 e. The molecule has 0 aromatic carbocycles. The Morgan fingerprint density at radius 2 is 0.679 bits per heavy atom. The van der Waals surface area contributed by atoms with Gasteiger partial charge in [-0.05, 0) is 74.6 Å². The number of amides is 13. The lowest BCUT2D eigenvalue weighted by Gasteiger charge is -2.20. The van der Waals surface area contributed by atoms with Gasteiger partial charge in [-0.3, -0.25) is 73.1 Å². The van der Waals surface area contributed by atoms with Gasteiger partial charge in [0.05, 0.1) is 46.4 Å². The van der Waals surface area contributed by atoms with Crippen LogP contribution in [0.15, 0.2) is 98.2 Å². The summed E-state index contributed by atoms with van der Waals surface area (Å²) in [6.45, 7) is -0.194. The van der Waals surface area contributed by atoms with Crippen molar-refractivity contribution in [1.29, 1.82) is 10.8 Å². The molecule has 8 rings (SSSR count). The van der Waals surface area contributed by atoms with Gasteiger partial charge in [0.15, 0.2) is 17.7 Å². The van der Waals surface area contributed by atoms with Gasteiger partial charge in [0, 0.05) is 151 Å². The lowest BCUT2D eigenvalue weighted by atomic mass is 10.1. The summed E-state index contributed by atoms with van der Waals surface area (Å²) in [5.41, 5.74) is 19.3. The molecule has 8 aromatic rings. The van der Waals surface area contributed by atoms with Crippen molar-refractivity contribution in [3.63, 3.8) is 0 Å². The number of carbonyl (C=O) groups excluding carboxylic acids is 13. The standard InChI is InChI=1S/C68H88N28O13/c1-89-21-20-74-57(89)66(109)86-43-28-52(96(8)36-43)65(108)85-42-27-49(94(6)35-42)62(105)81-38-23-46(90(2)31-38)59(102)75-16-11-14-53(97)80-37-22-48(92(4)30-37)61(104)83-40-25-51(95(7)33-40)64(107)84-41-26-50(93(5)34-41)63(106)82-39-24-47(91(3)32-39)60(103)76-19-15-54(98)88-45(13-10-18-78-68(72)73)58(101)79-29-55(99)87-44(56(69)100)12-9-17-77-67(70)71/h20-28,30-36,44-45H,9-19,29H2,1-8H3,(H2,69,100)(H,75,102)(H,76,103)(H,79,101)(H,80,97)(H,81,105)(H,82,106)(H,83,104)(H,84,107)(H,85,108)(H,86,109)(H,87,99)(H,88,98)(H4,70,71,77)(H4,72,73,78). The topological polar surface area (TPSA) is 568 Å². The highest BCUT2D eigenvalue weighted by Crippen LogP contribution is 2.24. The minimum atomic E-state index is -1.16. The summed E-state index contributed by atoms with van der Waals surface area (Å²) < 4.78 is 12.1. The predicted molar refractivity (Wildman–Crippen MR) is 400 cm³/mol. The highest BCUT2D eigenvalue weighted by molar-refractivity contribution is 6.11. The van der Waals surface area contributed by atoms with Gasteiger partial charge in [-0.2, -0.15) is 0 Å². The number of nitrogens with two attached hydrogens (primary N) is 3. The maximum atomic E-state index is 13.6. The van der Waals surface area contributed by atoms with Crippen molar-refractivity contribution in [3.8, 4) is 0 Å². The van der Waals surface area contributed by atoms with Crippen LogP contribution in [0.1, 0.15) is 129 Å². The van der Waals surface area contributed by atoms with E-state index in [0.29, 0.717) is 29.2 Å². The minimum absolute atomic E-state index is 0.00546. The number of nitrogens with one attached hydrogen (secondary N) is 16. The molecule has 0 saturated carbocycles. The van der Waals surface area contributed by atoms with Gasteiger partial charge in [0.2, 0.25) is 29.5 Å². The lowest BCUT2D eigenvalue weighted by Crippen LogP contribution is -2.52. The second-order valence-electron chi connectivity index (χ2n) is 25.4. The second-order valence-corrected chi connectivity index (χ2v) is 25.4. The molecular formula is C68H88N28O13. The zero-order valence-electron chi connectivity index (χ0n) is 60.9. The molecule has 0 aliphatic carbocycles. The quantitative estimate of drug-likeness (QED) is 0.0136. The van der Waals surface area contributed by atoms with E-state index in [1.54, 1.807) is 96.5 Å². The van der Waals surface area contributed by atoms with Crippen molar-refractivity contribution in [2.75, 3.05) is 69.9 Å². The molecule has 0 aliphatic heterocycles. The van der Waals surface area contributed by atoms with Crippen molar-refractivity contribution in [3.05, 3.63) is 144 Å². The fraction of sp³-hybridized carbons (Fsp3) is 0.324. The largest absolute Gasteiger partial charge is 0.370 e. The van der Waals surface area contributed by atoms with E-state index in [-0.39, 0.29) is 145 Å². The van der Waals surface area contributed by atoms with Crippen LogP contribution >= 0.6 is 0 Å². The zero-order chi connectivity index (χ0) is 79.5. The van der Waals surface area contributed by atoms with Crippen LogP contribution in [0.2, 0.25) is 0 Å². The molecule has 22 N–H and O–H groups in total. The van der Waals surface area contributed by atoms with Gasteiger partial charge in [-0.15, -0.1) is 0 Å². The number of anilines is 7. The van der Waals surface area contributed by atoms with Crippen LogP contribution in [0.4, 0.5) is 39.8 Å². The number of hydrogen-bond acceptors (Lipinski definition) is 16. The number of guanidine groups is 2. The van der Waals surface area contributed by atoms with E-state index in [9.17, 15) is 62.3 Å². The van der Waals surface area contributed by atoms with E-state index < -0.39 is 89.5 Å². The van der Waals surface area contributed by atoms with Gasteiger partial charge < -0.3 is 128 Å². The lowest BCUT2D eigenvalue weighted by molar-refractivity contribution is -0.131. The predicted octanol–water partition coefficient (Wildman–Crippen LogP) is -0.330. The summed E-state index contributed by atoms with van der Waals surface area (Å²) in [5, 5.41) is 51.9.